The van der Waals surface area contributed by atoms with Crippen molar-refractivity contribution in [1.29, 1.82) is 0 Å². The molecule has 0 unspecified atom stereocenters. The molecule has 0 radical (unpaired) electrons. The number of nitrogens with zero attached hydrogens (tertiary/aromatic N) is 2. The predicted molar refractivity (Wildman–Crippen MR) is 54.8 cm³/mol. The monoisotopic (exact) mass is 212 g/mol. The molecular formula is C9H12N2O2S. The van der Waals surface area contributed by atoms with E-state index in [9.17, 15) is 4.79 Å². The average Bonchev–Trinajstić information content (AvgIpc) is 2.67. The van der Waals surface area contributed by atoms with Gasteiger partial charge >= 0.3 is 5.97 Å². The Bertz CT molecular complexity index is 331. The summed E-state index contributed by atoms with van der Waals surface area (Å²) < 4.78 is 1.79. The first kappa shape index (κ1) is 9.58. The normalized spacial score (nSPS) is 18.3. The number of aromatic carboxylic acids is 1. The number of imidazole rings is 1. The van der Waals surface area contributed by atoms with Gasteiger partial charge in [-0.1, -0.05) is 0 Å². The van der Waals surface area contributed by atoms with Gasteiger partial charge in [0.1, 0.15) is 5.69 Å². The lowest BCUT2D eigenvalue weighted by Gasteiger charge is -2.23. The summed E-state index contributed by atoms with van der Waals surface area (Å²) in [6.45, 7) is 0. The highest BCUT2D eigenvalue weighted by molar-refractivity contribution is 7.99. The highest BCUT2D eigenvalue weighted by Gasteiger charge is 2.20. The molecule has 1 saturated heterocycles. The van der Waals surface area contributed by atoms with Crippen molar-refractivity contribution in [3.8, 4) is 0 Å². The molecule has 76 valence electrons. The van der Waals surface area contributed by atoms with Crippen molar-refractivity contribution in [3.05, 3.63) is 18.2 Å². The van der Waals surface area contributed by atoms with Crippen LogP contribution in [0.3, 0.4) is 0 Å². The molecule has 0 atom stereocenters. The van der Waals surface area contributed by atoms with Gasteiger partial charge in [0.05, 0.1) is 12.5 Å². The molecule has 1 aromatic heterocycles. The van der Waals surface area contributed by atoms with E-state index in [-0.39, 0.29) is 0 Å². The Hall–Kier alpha value is -0.970. The summed E-state index contributed by atoms with van der Waals surface area (Å²) in [6, 6.07) is 0.324. The van der Waals surface area contributed by atoms with Crippen molar-refractivity contribution in [2.24, 2.45) is 0 Å². The lowest BCUT2D eigenvalue weighted by Crippen LogP contribution is -2.18. The van der Waals surface area contributed by atoms with E-state index in [2.05, 4.69) is 4.98 Å². The molecule has 0 bridgehead atoms. The maximum atomic E-state index is 10.9. The van der Waals surface area contributed by atoms with Gasteiger partial charge in [0.2, 0.25) is 0 Å². The van der Waals surface area contributed by atoms with Crippen LogP contribution < -0.4 is 0 Å². The summed E-state index contributed by atoms with van der Waals surface area (Å²) in [5, 5.41) is 8.92. The fourth-order valence-corrected chi connectivity index (χ4v) is 2.81. The fraction of sp³-hybridized carbons (Fsp3) is 0.556. The number of hydrogen-bond donors (Lipinski definition) is 1. The second-order valence-corrected chi connectivity index (χ2v) is 4.56. The van der Waals surface area contributed by atoms with Gasteiger partial charge in [0.15, 0.2) is 0 Å². The van der Waals surface area contributed by atoms with Gasteiger partial charge in [0.25, 0.3) is 0 Å². The van der Waals surface area contributed by atoms with Crippen molar-refractivity contribution in [3.63, 3.8) is 0 Å². The molecular weight excluding hydrogens is 200 g/mol. The van der Waals surface area contributed by atoms with Gasteiger partial charge in [-0.15, -0.1) is 0 Å². The van der Waals surface area contributed by atoms with Crippen LogP contribution in [0, 0.1) is 0 Å². The number of hydrogen-bond acceptors (Lipinski definition) is 3. The molecule has 0 aliphatic carbocycles. The SMILES string of the molecule is O=C(O)c1cncn1C1CCSCC1. The molecule has 5 heteroatoms. The first-order valence-electron chi connectivity index (χ1n) is 4.62. The molecule has 0 aromatic carbocycles. The van der Waals surface area contributed by atoms with Crippen LogP contribution in [0.2, 0.25) is 0 Å². The highest BCUT2D eigenvalue weighted by Crippen LogP contribution is 2.27. The predicted octanol–water partition coefficient (Wildman–Crippen LogP) is 1.65. The molecule has 1 aliphatic heterocycles. The van der Waals surface area contributed by atoms with Gasteiger partial charge < -0.3 is 9.67 Å². The van der Waals surface area contributed by atoms with Crippen molar-refractivity contribution in [2.75, 3.05) is 11.5 Å². The zero-order valence-electron chi connectivity index (χ0n) is 7.72. The van der Waals surface area contributed by atoms with Crippen molar-refractivity contribution >= 4 is 17.7 Å². The Balaban J connectivity index is 2.21. The number of carboxylic acid groups (broad SMARTS) is 1. The zero-order valence-corrected chi connectivity index (χ0v) is 8.54. The third-order valence-corrected chi connectivity index (χ3v) is 3.52. The molecule has 1 aliphatic rings. The molecule has 0 saturated carbocycles. The first-order valence-corrected chi connectivity index (χ1v) is 5.77. The van der Waals surface area contributed by atoms with Gasteiger partial charge in [0, 0.05) is 6.04 Å². The van der Waals surface area contributed by atoms with E-state index in [1.165, 1.54) is 6.20 Å². The summed E-state index contributed by atoms with van der Waals surface area (Å²) in [4.78, 5) is 14.8. The molecule has 2 heterocycles. The largest absolute Gasteiger partial charge is 0.477 e. The highest BCUT2D eigenvalue weighted by atomic mass is 32.2. The van der Waals surface area contributed by atoms with Gasteiger partial charge in [-0.25, -0.2) is 9.78 Å². The average molecular weight is 212 g/mol. The maximum Gasteiger partial charge on any atom is 0.354 e. The van der Waals surface area contributed by atoms with Crippen LogP contribution in [-0.2, 0) is 0 Å². The number of rotatable bonds is 2. The van der Waals surface area contributed by atoms with E-state index in [0.717, 1.165) is 24.3 Å². The number of carbonyl (C=O) groups is 1. The van der Waals surface area contributed by atoms with E-state index < -0.39 is 5.97 Å². The molecule has 1 aromatic rings. The van der Waals surface area contributed by atoms with Crippen LogP contribution in [0.15, 0.2) is 12.5 Å². The smallest absolute Gasteiger partial charge is 0.354 e. The summed E-state index contributed by atoms with van der Waals surface area (Å²) >= 11 is 1.93. The van der Waals surface area contributed by atoms with Gasteiger partial charge in [-0.2, -0.15) is 11.8 Å². The number of aromatic nitrogens is 2. The lowest BCUT2D eigenvalue weighted by atomic mass is 10.1. The van der Waals surface area contributed by atoms with E-state index >= 15 is 0 Å². The Morgan fingerprint density at radius 3 is 2.93 bits per heavy atom. The molecule has 1 fully saturated rings. The second-order valence-electron chi connectivity index (χ2n) is 3.33. The Kier molecular flexibility index (Phi) is 2.77. The van der Waals surface area contributed by atoms with Crippen molar-refractivity contribution in [2.45, 2.75) is 18.9 Å². The topological polar surface area (TPSA) is 55.1 Å². The maximum absolute atomic E-state index is 10.9. The van der Waals surface area contributed by atoms with Crippen LogP contribution in [0.1, 0.15) is 29.4 Å². The number of thioether (sulfide) groups is 1. The standard InChI is InChI=1S/C9H12N2O2S/c12-9(13)8-5-10-6-11(8)7-1-3-14-4-2-7/h5-7H,1-4H2,(H,12,13). The van der Waals surface area contributed by atoms with E-state index in [4.69, 9.17) is 5.11 Å². The van der Waals surface area contributed by atoms with Gasteiger partial charge in [-0.05, 0) is 24.3 Å². The van der Waals surface area contributed by atoms with Crippen LogP contribution in [0.5, 0.6) is 0 Å². The second kappa shape index (κ2) is 4.04. The molecule has 2 rings (SSSR count). The summed E-state index contributed by atoms with van der Waals surface area (Å²) in [5.41, 5.74) is 0.307. The summed E-state index contributed by atoms with van der Waals surface area (Å²) in [5.74, 6) is 1.34. The molecule has 4 nitrogen and oxygen atoms in total. The summed E-state index contributed by atoms with van der Waals surface area (Å²) in [6.07, 6.45) is 5.14. The third kappa shape index (κ3) is 1.77. The Labute approximate surface area is 86.3 Å². The van der Waals surface area contributed by atoms with Crippen LogP contribution in [-0.4, -0.2) is 32.1 Å². The van der Waals surface area contributed by atoms with E-state index in [1.807, 2.05) is 11.8 Å². The Morgan fingerprint density at radius 2 is 2.29 bits per heavy atom. The van der Waals surface area contributed by atoms with Crippen LogP contribution in [0.4, 0.5) is 0 Å². The van der Waals surface area contributed by atoms with E-state index in [1.54, 1.807) is 10.9 Å². The molecule has 14 heavy (non-hydrogen) atoms. The first-order chi connectivity index (χ1) is 6.79. The minimum atomic E-state index is -0.888. The van der Waals surface area contributed by atoms with Gasteiger partial charge in [-0.3, -0.25) is 0 Å². The Morgan fingerprint density at radius 1 is 1.57 bits per heavy atom. The van der Waals surface area contributed by atoms with Crippen molar-refractivity contribution < 1.29 is 9.90 Å². The lowest BCUT2D eigenvalue weighted by molar-refractivity contribution is 0.0682. The zero-order chi connectivity index (χ0) is 9.97. The third-order valence-electron chi connectivity index (χ3n) is 2.47. The van der Waals surface area contributed by atoms with Crippen molar-refractivity contribution in [1.82, 2.24) is 9.55 Å². The van der Waals surface area contributed by atoms with Crippen LogP contribution >= 0.6 is 11.8 Å². The molecule has 1 N–H and O–H groups in total. The minimum Gasteiger partial charge on any atom is -0.477 e. The molecule has 0 spiro atoms. The van der Waals surface area contributed by atoms with E-state index in [0.29, 0.717) is 11.7 Å². The molecule has 0 amide bonds. The minimum absolute atomic E-state index is 0.307. The number of carboxylic acids is 1. The summed E-state index contributed by atoms with van der Waals surface area (Å²) in [7, 11) is 0. The van der Waals surface area contributed by atoms with Crippen LogP contribution in [0.25, 0.3) is 0 Å². The quantitative estimate of drug-likeness (QED) is 0.809. The fourth-order valence-electron chi connectivity index (χ4n) is 1.72.